The summed E-state index contributed by atoms with van der Waals surface area (Å²) in [6.45, 7) is 24.8. The Morgan fingerprint density at radius 1 is 0.972 bits per heavy atom. The molecule has 0 heterocycles. The number of carbonyl (C=O) groups is 3. The number of carbonyl (C=O) groups excluding carboxylic acids is 3. The lowest BCUT2D eigenvalue weighted by atomic mass is 9.34. The van der Waals surface area contributed by atoms with E-state index in [2.05, 4.69) is 39.5 Å². The van der Waals surface area contributed by atoms with Gasteiger partial charge in [0.1, 0.15) is 5.78 Å². The molecule has 0 aromatic carbocycles. The molecule has 0 aromatic rings. The molecule has 3 fully saturated rings. The summed E-state index contributed by atoms with van der Waals surface area (Å²) in [4.78, 5) is 43.8. The van der Waals surface area contributed by atoms with Gasteiger partial charge in [-0.25, -0.2) is 4.85 Å². The van der Waals surface area contributed by atoms with Gasteiger partial charge in [-0.1, -0.05) is 60.1 Å². The van der Waals surface area contributed by atoms with E-state index >= 15 is 0 Å². The number of rotatable bonds is 1. The molecule has 0 spiro atoms. The summed E-state index contributed by atoms with van der Waals surface area (Å²) in [5, 5.41) is 0. The smallest absolute Gasteiger partial charge is 0.226 e. The van der Waals surface area contributed by atoms with Gasteiger partial charge in [0.15, 0.2) is 11.6 Å². The van der Waals surface area contributed by atoms with E-state index in [1.165, 1.54) is 0 Å². The molecule has 0 amide bonds. The van der Waals surface area contributed by atoms with E-state index in [4.69, 9.17) is 6.57 Å². The van der Waals surface area contributed by atoms with Crippen molar-refractivity contribution in [2.45, 2.75) is 100 Å². The van der Waals surface area contributed by atoms with Crippen LogP contribution in [0.2, 0.25) is 0 Å². The van der Waals surface area contributed by atoms with Crippen molar-refractivity contribution in [3.8, 4) is 0 Å². The highest BCUT2D eigenvalue weighted by atomic mass is 16.1. The van der Waals surface area contributed by atoms with Crippen LogP contribution < -0.4 is 0 Å². The third kappa shape index (κ3) is 2.89. The van der Waals surface area contributed by atoms with Crippen LogP contribution in [0, 0.1) is 56.8 Å². The molecule has 4 heteroatoms. The summed E-state index contributed by atoms with van der Waals surface area (Å²) < 4.78 is 0. The normalized spacial score (nSPS) is 49.4. The Kier molecular flexibility index (Phi) is 5.19. The Labute approximate surface area is 217 Å². The molecule has 5 rings (SSSR count). The van der Waals surface area contributed by atoms with Gasteiger partial charge in [-0.15, -0.1) is 0 Å². The molecular weight excluding hydrogens is 446 g/mol. The minimum Gasteiger partial charge on any atom is -0.307 e. The van der Waals surface area contributed by atoms with E-state index in [0.29, 0.717) is 0 Å². The summed E-state index contributed by atoms with van der Waals surface area (Å²) in [5.41, 5.74) is -0.415. The van der Waals surface area contributed by atoms with E-state index in [0.717, 1.165) is 50.5 Å². The first kappa shape index (κ1) is 25.6. The van der Waals surface area contributed by atoms with E-state index in [1.807, 2.05) is 26.0 Å². The van der Waals surface area contributed by atoms with Crippen molar-refractivity contribution >= 4 is 17.3 Å². The van der Waals surface area contributed by atoms with Gasteiger partial charge in [-0.05, 0) is 86.0 Å². The van der Waals surface area contributed by atoms with Crippen LogP contribution in [0.5, 0.6) is 0 Å². The quantitative estimate of drug-likeness (QED) is 0.368. The molecule has 0 N–H and O–H groups in total. The Bertz CT molecular complexity index is 1180. The van der Waals surface area contributed by atoms with E-state index in [9.17, 15) is 14.4 Å². The summed E-state index contributed by atoms with van der Waals surface area (Å²) in [6, 6.07) is 0. The van der Waals surface area contributed by atoms with Gasteiger partial charge in [0.05, 0.1) is 6.57 Å². The highest BCUT2D eigenvalue weighted by Crippen LogP contribution is 2.74. The molecule has 8 atom stereocenters. The monoisotopic (exact) mass is 489 g/mol. The summed E-state index contributed by atoms with van der Waals surface area (Å²) in [7, 11) is 0. The number of Topliss-reactive ketones (excluding diaryl/α,β-unsaturated/α-hetero) is 2. The third-order valence-electron chi connectivity index (χ3n) is 12.9. The van der Waals surface area contributed by atoms with E-state index < -0.39 is 10.8 Å². The molecule has 3 saturated carbocycles. The number of fused-ring (bicyclic) bond motifs is 7. The van der Waals surface area contributed by atoms with E-state index in [-0.39, 0.29) is 62.5 Å². The number of allylic oxidation sites excluding steroid dienone is 4. The SMILES string of the molecule is [C-]#[N+]C1=C[C@]2(C)C3=CC(=O)[C@@H]4[C@@H]5C[C@@](C)(C(C)=O)CC[C@]5(C)CC[C@@]4(C)[C@]3(C)CC[C@H]2C(C)(C)C1=O. The molecular formula is C32H43NO3. The standard InChI is InChI=1S/C32H43NO3/c1-19(34)29(5)13-12-28(4)14-15-32(8)25(20(28)17-29)22(35)16-24-30(6)18-21(33-9)26(36)27(2,3)23(30)10-11-31(24,32)7/h16,18,20,23,25H,10-15,17H2,1-8H3/t20-,23-,25-,28+,29-,30-,31+,32+/m0/s1. The van der Waals surface area contributed by atoms with Crippen LogP contribution in [0.4, 0.5) is 0 Å². The number of hydrogen-bond acceptors (Lipinski definition) is 3. The Morgan fingerprint density at radius 3 is 2.22 bits per heavy atom. The summed E-state index contributed by atoms with van der Waals surface area (Å²) in [5.74, 6) is 0.579. The number of nitrogens with zero attached hydrogens (tertiary/aromatic N) is 1. The molecule has 0 aromatic heterocycles. The molecule has 0 aliphatic heterocycles. The molecule has 0 saturated heterocycles. The molecule has 194 valence electrons. The predicted molar refractivity (Wildman–Crippen MR) is 141 cm³/mol. The lowest BCUT2D eigenvalue weighted by Gasteiger charge is -2.69. The molecule has 0 bridgehead atoms. The minimum absolute atomic E-state index is 0.0606. The van der Waals surface area contributed by atoms with Crippen molar-refractivity contribution < 1.29 is 14.4 Å². The lowest BCUT2D eigenvalue weighted by Crippen LogP contribution is -2.64. The van der Waals surface area contributed by atoms with Crippen LogP contribution >= 0.6 is 0 Å². The topological polar surface area (TPSA) is 55.6 Å². The van der Waals surface area contributed by atoms with Crippen molar-refractivity contribution in [2.75, 3.05) is 0 Å². The zero-order chi connectivity index (χ0) is 26.7. The maximum atomic E-state index is 14.3. The Balaban J connectivity index is 1.68. The van der Waals surface area contributed by atoms with Gasteiger partial charge in [-0.2, -0.15) is 0 Å². The second-order valence-corrected chi connectivity index (χ2v) is 14.8. The van der Waals surface area contributed by atoms with Crippen molar-refractivity contribution in [3.63, 3.8) is 0 Å². The average Bonchev–Trinajstić information content (AvgIpc) is 2.79. The summed E-state index contributed by atoms with van der Waals surface area (Å²) >= 11 is 0. The Morgan fingerprint density at radius 2 is 1.61 bits per heavy atom. The molecule has 36 heavy (non-hydrogen) atoms. The highest BCUT2D eigenvalue weighted by Gasteiger charge is 2.69. The number of ketones is 3. The fraction of sp³-hybridized carbons (Fsp3) is 0.750. The first-order valence-corrected chi connectivity index (χ1v) is 13.9. The van der Waals surface area contributed by atoms with Crippen LogP contribution in [0.15, 0.2) is 23.4 Å². The predicted octanol–water partition coefficient (Wildman–Crippen LogP) is 7.15. The van der Waals surface area contributed by atoms with Gasteiger partial charge in [0, 0.05) is 22.2 Å². The first-order chi connectivity index (χ1) is 16.5. The minimum atomic E-state index is -0.635. The van der Waals surface area contributed by atoms with Gasteiger partial charge in [0.2, 0.25) is 5.70 Å². The van der Waals surface area contributed by atoms with Crippen molar-refractivity contribution in [1.82, 2.24) is 0 Å². The van der Waals surface area contributed by atoms with Gasteiger partial charge in [0.25, 0.3) is 0 Å². The molecule has 0 unspecified atom stereocenters. The maximum absolute atomic E-state index is 14.3. The van der Waals surface area contributed by atoms with Crippen LogP contribution in [-0.2, 0) is 14.4 Å². The molecule has 5 aliphatic carbocycles. The van der Waals surface area contributed by atoms with Gasteiger partial charge < -0.3 is 4.79 Å². The average molecular weight is 490 g/mol. The fourth-order valence-electron chi connectivity index (χ4n) is 10.0. The second-order valence-electron chi connectivity index (χ2n) is 14.8. The van der Waals surface area contributed by atoms with Crippen molar-refractivity contribution in [3.05, 3.63) is 34.8 Å². The fourth-order valence-corrected chi connectivity index (χ4v) is 10.0. The molecule has 5 aliphatic rings. The summed E-state index contributed by atoms with van der Waals surface area (Å²) in [6.07, 6.45) is 10.5. The van der Waals surface area contributed by atoms with Crippen LogP contribution in [0.25, 0.3) is 4.85 Å². The zero-order valence-corrected chi connectivity index (χ0v) is 23.5. The van der Waals surface area contributed by atoms with Crippen LogP contribution in [-0.4, -0.2) is 17.3 Å². The largest absolute Gasteiger partial charge is 0.307 e. The van der Waals surface area contributed by atoms with Gasteiger partial charge >= 0.3 is 0 Å². The maximum Gasteiger partial charge on any atom is 0.226 e. The van der Waals surface area contributed by atoms with Gasteiger partial charge in [-0.3, -0.25) is 9.59 Å². The van der Waals surface area contributed by atoms with E-state index in [1.54, 1.807) is 6.92 Å². The van der Waals surface area contributed by atoms with Crippen molar-refractivity contribution in [1.29, 1.82) is 0 Å². The highest BCUT2D eigenvalue weighted by molar-refractivity contribution is 6.03. The lowest BCUT2D eigenvalue weighted by molar-refractivity contribution is -0.171. The zero-order valence-electron chi connectivity index (χ0n) is 23.5. The van der Waals surface area contributed by atoms with Crippen LogP contribution in [0.3, 0.4) is 0 Å². The molecule has 4 nitrogen and oxygen atoms in total. The molecule has 0 radical (unpaired) electrons. The van der Waals surface area contributed by atoms with Crippen LogP contribution in [0.1, 0.15) is 100 Å². The number of hydrogen-bond donors (Lipinski definition) is 0. The third-order valence-corrected chi connectivity index (χ3v) is 12.9. The van der Waals surface area contributed by atoms with Crippen molar-refractivity contribution in [2.24, 2.45) is 50.2 Å². The first-order valence-electron chi connectivity index (χ1n) is 13.9. The Hall–Kier alpha value is -2.02. The second kappa shape index (κ2) is 7.30.